The smallest absolute Gasteiger partial charge is 0.268 e. The molecule has 1 fully saturated rings. The second-order valence-corrected chi connectivity index (χ2v) is 9.99. The van der Waals surface area contributed by atoms with Gasteiger partial charge in [-0.05, 0) is 44.4 Å². The molecule has 0 spiro atoms. The molecule has 32 heavy (non-hydrogen) atoms. The van der Waals surface area contributed by atoms with Gasteiger partial charge in [-0.25, -0.2) is 4.98 Å². The molecule has 1 saturated heterocycles. The zero-order valence-corrected chi connectivity index (χ0v) is 19.5. The molecule has 3 aromatic rings. The highest BCUT2D eigenvalue weighted by Gasteiger charge is 2.34. The number of aromatic nitrogens is 1. The number of nitrogen functional groups attached to an aromatic ring is 1. The number of carbonyl (C=O) groups is 1. The number of hydrogen-bond acceptors (Lipinski definition) is 7. The van der Waals surface area contributed by atoms with Crippen LogP contribution in [0.2, 0.25) is 0 Å². The molecule has 1 amide bonds. The first-order valence-corrected chi connectivity index (χ1v) is 11.8. The van der Waals surface area contributed by atoms with Gasteiger partial charge < -0.3 is 25.4 Å². The van der Waals surface area contributed by atoms with Crippen LogP contribution in [0.3, 0.4) is 0 Å². The summed E-state index contributed by atoms with van der Waals surface area (Å²) in [5.41, 5.74) is 9.69. The van der Waals surface area contributed by atoms with Crippen LogP contribution in [0.5, 0.6) is 5.75 Å². The van der Waals surface area contributed by atoms with Crippen molar-refractivity contribution < 1.29 is 14.3 Å². The van der Waals surface area contributed by atoms with Gasteiger partial charge in [-0.15, -0.1) is 11.3 Å². The van der Waals surface area contributed by atoms with Crippen LogP contribution < -0.4 is 20.7 Å². The number of anilines is 3. The van der Waals surface area contributed by atoms with Crippen molar-refractivity contribution in [3.05, 3.63) is 40.3 Å². The van der Waals surface area contributed by atoms with Crippen LogP contribution >= 0.6 is 11.3 Å². The average Bonchev–Trinajstić information content (AvgIpc) is 3.41. The van der Waals surface area contributed by atoms with E-state index < -0.39 is 0 Å². The largest absolute Gasteiger partial charge is 0.495 e. The second kappa shape index (κ2) is 7.94. The molecule has 0 unspecified atom stereocenters. The molecular weight excluding hydrogens is 424 g/mol. The van der Waals surface area contributed by atoms with Crippen molar-refractivity contribution in [1.29, 1.82) is 0 Å². The number of nitrogens with two attached hydrogens (primary N) is 1. The third-order valence-electron chi connectivity index (χ3n) is 6.25. The molecule has 0 radical (unpaired) electrons. The maximum absolute atomic E-state index is 13.2. The van der Waals surface area contributed by atoms with Crippen molar-refractivity contribution in [2.24, 2.45) is 0 Å². The number of pyridine rings is 1. The molecule has 7 nitrogen and oxygen atoms in total. The first-order valence-electron chi connectivity index (χ1n) is 10.9. The number of carbonyl (C=O) groups excluding carboxylic acids is 1. The molecule has 2 aliphatic rings. The zero-order valence-electron chi connectivity index (χ0n) is 18.7. The van der Waals surface area contributed by atoms with E-state index >= 15 is 0 Å². The Morgan fingerprint density at radius 2 is 2.00 bits per heavy atom. The van der Waals surface area contributed by atoms with Crippen LogP contribution in [0.25, 0.3) is 10.2 Å². The molecule has 2 aliphatic heterocycles. The number of para-hydroxylation sites is 2. The molecule has 0 atom stereocenters. The van der Waals surface area contributed by atoms with Crippen molar-refractivity contribution in [3.63, 3.8) is 0 Å². The van der Waals surface area contributed by atoms with Crippen LogP contribution in [0, 0.1) is 0 Å². The molecule has 3 N–H and O–H groups in total. The number of rotatable bonds is 4. The summed E-state index contributed by atoms with van der Waals surface area (Å²) in [6.45, 7) is 6.69. The van der Waals surface area contributed by atoms with E-state index in [1.807, 2.05) is 24.3 Å². The summed E-state index contributed by atoms with van der Waals surface area (Å²) in [5.74, 6) is 1.34. The Morgan fingerprint density at radius 3 is 2.75 bits per heavy atom. The van der Waals surface area contributed by atoms with Gasteiger partial charge in [0.15, 0.2) is 0 Å². The third-order valence-corrected chi connectivity index (χ3v) is 7.34. The summed E-state index contributed by atoms with van der Waals surface area (Å²) in [6, 6.07) is 7.34. The number of fused-ring (bicyclic) bond motifs is 3. The summed E-state index contributed by atoms with van der Waals surface area (Å²) >= 11 is 1.35. The fourth-order valence-electron chi connectivity index (χ4n) is 4.63. The van der Waals surface area contributed by atoms with Gasteiger partial charge in [-0.2, -0.15) is 0 Å². The maximum Gasteiger partial charge on any atom is 0.268 e. The first kappa shape index (κ1) is 21.0. The van der Waals surface area contributed by atoms with Crippen molar-refractivity contribution in [3.8, 4) is 5.75 Å². The Balaban J connectivity index is 1.61. The summed E-state index contributed by atoms with van der Waals surface area (Å²) in [4.78, 5) is 21.8. The Kier molecular flexibility index (Phi) is 5.22. The van der Waals surface area contributed by atoms with Gasteiger partial charge in [0.2, 0.25) is 0 Å². The lowest BCUT2D eigenvalue weighted by molar-refractivity contribution is -0.0395. The quantitative estimate of drug-likeness (QED) is 0.602. The highest BCUT2D eigenvalue weighted by Crippen LogP contribution is 2.44. The SMILES string of the molecule is COc1ccccc1NC(=O)c1sc2nc(N3CCCC3)c3c(c2c1N)CC(C)(C)OC3. The van der Waals surface area contributed by atoms with E-state index in [1.54, 1.807) is 7.11 Å². The Labute approximate surface area is 191 Å². The van der Waals surface area contributed by atoms with Gasteiger partial charge in [0.1, 0.15) is 21.3 Å². The van der Waals surface area contributed by atoms with Gasteiger partial charge in [-0.1, -0.05) is 12.1 Å². The molecule has 168 valence electrons. The van der Waals surface area contributed by atoms with Crippen LogP contribution in [-0.4, -0.2) is 36.7 Å². The molecule has 0 bridgehead atoms. The number of thiophene rings is 1. The van der Waals surface area contributed by atoms with E-state index in [-0.39, 0.29) is 11.5 Å². The lowest BCUT2D eigenvalue weighted by Crippen LogP contribution is -2.34. The number of ether oxygens (including phenoxy) is 2. The van der Waals surface area contributed by atoms with E-state index in [2.05, 4.69) is 24.1 Å². The molecule has 5 rings (SSSR count). The highest BCUT2D eigenvalue weighted by molar-refractivity contribution is 7.21. The predicted molar refractivity (Wildman–Crippen MR) is 129 cm³/mol. The van der Waals surface area contributed by atoms with Crippen molar-refractivity contribution in [2.75, 3.05) is 36.1 Å². The Bertz CT molecular complexity index is 1200. The van der Waals surface area contributed by atoms with Gasteiger partial charge in [0.05, 0.1) is 30.7 Å². The fourth-order valence-corrected chi connectivity index (χ4v) is 5.64. The first-order chi connectivity index (χ1) is 15.4. The van der Waals surface area contributed by atoms with Gasteiger partial charge in [0.25, 0.3) is 5.91 Å². The minimum absolute atomic E-state index is 0.252. The number of nitrogens with one attached hydrogen (secondary N) is 1. The molecular formula is C24H28N4O3S. The monoisotopic (exact) mass is 452 g/mol. The normalized spacial score (nSPS) is 17.4. The summed E-state index contributed by atoms with van der Waals surface area (Å²) in [5, 5.41) is 3.85. The van der Waals surface area contributed by atoms with Crippen LogP contribution in [0.4, 0.5) is 17.2 Å². The minimum Gasteiger partial charge on any atom is -0.495 e. The number of hydrogen-bond donors (Lipinski definition) is 2. The van der Waals surface area contributed by atoms with Crippen LogP contribution in [-0.2, 0) is 17.8 Å². The van der Waals surface area contributed by atoms with E-state index in [0.717, 1.165) is 41.1 Å². The summed E-state index contributed by atoms with van der Waals surface area (Å²) in [7, 11) is 1.58. The van der Waals surface area contributed by atoms with Gasteiger partial charge >= 0.3 is 0 Å². The molecule has 8 heteroatoms. The Morgan fingerprint density at radius 1 is 1.25 bits per heavy atom. The highest BCUT2D eigenvalue weighted by atomic mass is 32.1. The fraction of sp³-hybridized carbons (Fsp3) is 0.417. The van der Waals surface area contributed by atoms with Gasteiger partial charge in [0, 0.05) is 30.5 Å². The molecule has 2 aromatic heterocycles. The lowest BCUT2D eigenvalue weighted by atomic mass is 9.90. The van der Waals surface area contributed by atoms with E-state index in [1.165, 1.54) is 29.7 Å². The third kappa shape index (κ3) is 3.57. The zero-order chi connectivity index (χ0) is 22.5. The van der Waals surface area contributed by atoms with Crippen LogP contribution in [0.15, 0.2) is 24.3 Å². The average molecular weight is 453 g/mol. The summed E-state index contributed by atoms with van der Waals surface area (Å²) < 4.78 is 11.5. The van der Waals surface area contributed by atoms with Crippen LogP contribution in [0.1, 0.15) is 47.5 Å². The molecule has 0 saturated carbocycles. The standard InChI is InChI=1S/C24H28N4O3S/c1-24(2)12-14-15(13-31-24)21(28-10-6-7-11-28)27-23-18(14)19(25)20(32-23)22(29)26-16-8-4-5-9-17(16)30-3/h4-5,8-9H,6-7,10-13,25H2,1-3H3,(H,26,29). The predicted octanol–water partition coefficient (Wildman–Crippen LogP) is 4.59. The molecule has 4 heterocycles. The van der Waals surface area contributed by atoms with Crippen molar-refractivity contribution >= 4 is 44.7 Å². The van der Waals surface area contributed by atoms with Crippen molar-refractivity contribution in [2.45, 2.75) is 45.3 Å². The van der Waals surface area contributed by atoms with E-state index in [9.17, 15) is 4.79 Å². The van der Waals surface area contributed by atoms with Gasteiger partial charge in [-0.3, -0.25) is 4.79 Å². The second-order valence-electron chi connectivity index (χ2n) is 8.99. The molecule has 1 aromatic carbocycles. The van der Waals surface area contributed by atoms with E-state index in [0.29, 0.717) is 28.6 Å². The maximum atomic E-state index is 13.2. The number of nitrogens with zero attached hydrogens (tertiary/aromatic N) is 2. The number of amides is 1. The summed E-state index contributed by atoms with van der Waals surface area (Å²) in [6.07, 6.45) is 3.07. The molecule has 0 aliphatic carbocycles. The van der Waals surface area contributed by atoms with E-state index in [4.69, 9.17) is 20.2 Å². The topological polar surface area (TPSA) is 89.7 Å². The Hall–Kier alpha value is -2.84. The number of methoxy groups -OCH3 is 1. The number of benzene rings is 1. The van der Waals surface area contributed by atoms with Crippen molar-refractivity contribution in [1.82, 2.24) is 4.98 Å². The lowest BCUT2D eigenvalue weighted by Gasteiger charge is -2.34. The minimum atomic E-state index is -0.294.